The maximum atomic E-state index is 13.9. The Labute approximate surface area is 169 Å². The summed E-state index contributed by atoms with van der Waals surface area (Å²) in [5.74, 6) is -0.410. The van der Waals surface area contributed by atoms with Gasteiger partial charge in [-0.05, 0) is 6.04 Å². The lowest BCUT2D eigenvalue weighted by atomic mass is 10.2. The molecule has 0 aliphatic carbocycles. The van der Waals surface area contributed by atoms with E-state index in [1.54, 1.807) is 6.08 Å². The van der Waals surface area contributed by atoms with Crippen LogP contribution < -0.4 is 0 Å². The number of amides is 1. The normalized spacial score (nSPS) is 20.1. The third kappa shape index (κ3) is 4.42. The number of likely N-dealkylation sites (tertiary alicyclic amines) is 1. The highest BCUT2D eigenvalue weighted by molar-refractivity contribution is 6.76. The molecular weight excluding hydrogens is 401 g/mol. The summed E-state index contributed by atoms with van der Waals surface area (Å²) in [7, 11) is -1.21. The van der Waals surface area contributed by atoms with Gasteiger partial charge in [-0.2, -0.15) is 5.10 Å². The number of halogens is 2. The van der Waals surface area contributed by atoms with Crippen molar-refractivity contribution in [3.8, 4) is 0 Å². The second-order valence-corrected chi connectivity index (χ2v) is 14.1. The summed E-state index contributed by atoms with van der Waals surface area (Å²) < 4.78 is 21.1. The number of hydrogen-bond donors (Lipinski definition) is 0. The molecule has 1 aliphatic heterocycles. The number of rotatable bonds is 7. The van der Waals surface area contributed by atoms with E-state index in [-0.39, 0.29) is 36.6 Å². The van der Waals surface area contributed by atoms with Crippen LogP contribution in [0.5, 0.6) is 0 Å². The standard InChI is InChI=1S/C18H25ClFN5O2Si/c1-5-13-8-12(20)9-24(13)18(26)15-14-16(19)21-10-22-17(14)25(23-15)11-27-6-7-28(2,3)4/h5,10,12-13H,1,6-9,11H2,2-4H3/t12-,13-/m0/s1. The van der Waals surface area contributed by atoms with Crippen LogP contribution in [0.2, 0.25) is 30.8 Å². The summed E-state index contributed by atoms with van der Waals surface area (Å²) in [5.41, 5.74) is 0.526. The summed E-state index contributed by atoms with van der Waals surface area (Å²) in [6.45, 7) is 11.3. The van der Waals surface area contributed by atoms with Crippen molar-refractivity contribution in [2.45, 2.75) is 51.1 Å². The first-order valence-electron chi connectivity index (χ1n) is 9.23. The van der Waals surface area contributed by atoms with Crippen LogP contribution in [-0.2, 0) is 11.5 Å². The zero-order chi connectivity index (χ0) is 20.5. The first-order chi connectivity index (χ1) is 13.2. The van der Waals surface area contributed by atoms with Gasteiger partial charge in [0.05, 0.1) is 18.0 Å². The number of aromatic nitrogens is 4. The topological polar surface area (TPSA) is 73.1 Å². The Morgan fingerprint density at radius 3 is 2.89 bits per heavy atom. The molecule has 0 bridgehead atoms. The Kier molecular flexibility index (Phi) is 6.16. The first-order valence-corrected chi connectivity index (χ1v) is 13.3. The van der Waals surface area contributed by atoms with Crippen molar-refractivity contribution in [2.24, 2.45) is 0 Å². The quantitative estimate of drug-likeness (QED) is 0.293. The van der Waals surface area contributed by atoms with Gasteiger partial charge in [-0.3, -0.25) is 4.79 Å². The van der Waals surface area contributed by atoms with Crippen LogP contribution in [0.1, 0.15) is 16.9 Å². The van der Waals surface area contributed by atoms with Crippen molar-refractivity contribution < 1.29 is 13.9 Å². The van der Waals surface area contributed by atoms with Gasteiger partial charge in [0.25, 0.3) is 5.91 Å². The van der Waals surface area contributed by atoms with Gasteiger partial charge < -0.3 is 9.64 Å². The smallest absolute Gasteiger partial charge is 0.275 e. The minimum absolute atomic E-state index is 0.00188. The second-order valence-electron chi connectivity index (χ2n) is 8.15. The number of hydrogen-bond acceptors (Lipinski definition) is 5. The van der Waals surface area contributed by atoms with Gasteiger partial charge in [0.1, 0.15) is 24.4 Å². The van der Waals surface area contributed by atoms with Crippen LogP contribution in [-0.4, -0.2) is 64.0 Å². The molecule has 1 aliphatic rings. The summed E-state index contributed by atoms with van der Waals surface area (Å²) in [6, 6.07) is 0.638. The molecule has 2 aromatic heterocycles. The lowest BCUT2D eigenvalue weighted by molar-refractivity contribution is 0.0724. The number of carbonyl (C=O) groups excluding carboxylic acids is 1. The zero-order valence-corrected chi connectivity index (χ0v) is 18.1. The molecule has 0 spiro atoms. The largest absolute Gasteiger partial charge is 0.359 e. The number of alkyl halides is 1. The van der Waals surface area contributed by atoms with Crippen molar-refractivity contribution in [3.05, 3.63) is 29.8 Å². The van der Waals surface area contributed by atoms with E-state index in [0.29, 0.717) is 17.6 Å². The van der Waals surface area contributed by atoms with E-state index in [0.717, 1.165) is 6.04 Å². The van der Waals surface area contributed by atoms with E-state index in [1.807, 2.05) is 0 Å². The fourth-order valence-corrected chi connectivity index (χ4v) is 4.12. The molecule has 2 aromatic rings. The Morgan fingerprint density at radius 2 is 2.21 bits per heavy atom. The van der Waals surface area contributed by atoms with Crippen LogP contribution in [0.15, 0.2) is 19.0 Å². The fraction of sp³-hybridized carbons (Fsp3) is 0.556. The Balaban J connectivity index is 1.88. The first kappa shape index (κ1) is 20.9. The average Bonchev–Trinajstić information content (AvgIpc) is 3.19. The van der Waals surface area contributed by atoms with Gasteiger partial charge >= 0.3 is 0 Å². The molecule has 0 unspecified atom stereocenters. The second kappa shape index (κ2) is 8.26. The maximum Gasteiger partial charge on any atom is 0.275 e. The summed E-state index contributed by atoms with van der Waals surface area (Å²) in [5, 5.41) is 4.88. The van der Waals surface area contributed by atoms with Crippen LogP contribution in [0.3, 0.4) is 0 Å². The molecule has 0 N–H and O–H groups in total. The zero-order valence-electron chi connectivity index (χ0n) is 16.4. The van der Waals surface area contributed by atoms with E-state index in [4.69, 9.17) is 16.3 Å². The molecule has 10 heteroatoms. The Morgan fingerprint density at radius 1 is 1.46 bits per heavy atom. The molecular formula is C18H25ClFN5O2Si. The molecule has 0 aromatic carbocycles. The number of ether oxygens (including phenoxy) is 1. The minimum atomic E-state index is -1.21. The van der Waals surface area contributed by atoms with Crippen LogP contribution >= 0.6 is 11.6 Å². The lowest BCUT2D eigenvalue weighted by Crippen LogP contribution is -2.35. The Hall–Kier alpha value is -1.84. The molecule has 1 amide bonds. The number of fused-ring (bicyclic) bond motifs is 1. The van der Waals surface area contributed by atoms with Crippen molar-refractivity contribution in [1.29, 1.82) is 0 Å². The highest BCUT2D eigenvalue weighted by Gasteiger charge is 2.36. The monoisotopic (exact) mass is 425 g/mol. The van der Waals surface area contributed by atoms with Crippen molar-refractivity contribution in [2.75, 3.05) is 13.2 Å². The molecule has 28 heavy (non-hydrogen) atoms. The van der Waals surface area contributed by atoms with Gasteiger partial charge in [0.2, 0.25) is 0 Å². The van der Waals surface area contributed by atoms with Crippen molar-refractivity contribution in [3.63, 3.8) is 0 Å². The molecule has 3 rings (SSSR count). The SMILES string of the molecule is C=C[C@H]1C[C@H](F)CN1C(=O)c1nn(COCC[Si](C)(C)C)c2ncnc(Cl)c12. The summed E-state index contributed by atoms with van der Waals surface area (Å²) in [4.78, 5) is 22.7. The van der Waals surface area contributed by atoms with Crippen LogP contribution in [0.25, 0.3) is 11.0 Å². The highest BCUT2D eigenvalue weighted by atomic mass is 35.5. The highest BCUT2D eigenvalue weighted by Crippen LogP contribution is 2.28. The molecule has 0 radical (unpaired) electrons. The molecule has 7 nitrogen and oxygen atoms in total. The average molecular weight is 426 g/mol. The van der Waals surface area contributed by atoms with Gasteiger partial charge in [-0.15, -0.1) is 6.58 Å². The molecule has 152 valence electrons. The Bertz CT molecular complexity index is 885. The molecule has 3 heterocycles. The third-order valence-corrected chi connectivity index (χ3v) is 6.71. The van der Waals surface area contributed by atoms with Crippen LogP contribution in [0.4, 0.5) is 4.39 Å². The fourth-order valence-electron chi connectivity index (χ4n) is 3.15. The summed E-state index contributed by atoms with van der Waals surface area (Å²) in [6.07, 6.45) is 2.04. The van der Waals surface area contributed by atoms with E-state index < -0.39 is 20.2 Å². The van der Waals surface area contributed by atoms with E-state index >= 15 is 0 Å². The molecule has 2 atom stereocenters. The van der Waals surface area contributed by atoms with Gasteiger partial charge in [0.15, 0.2) is 11.3 Å². The number of nitrogens with zero attached hydrogens (tertiary/aromatic N) is 5. The van der Waals surface area contributed by atoms with E-state index in [2.05, 4.69) is 41.3 Å². The minimum Gasteiger partial charge on any atom is -0.359 e. The van der Waals surface area contributed by atoms with Crippen molar-refractivity contribution >= 4 is 36.6 Å². The van der Waals surface area contributed by atoms with Gasteiger partial charge in [0, 0.05) is 21.1 Å². The molecule has 1 fully saturated rings. The lowest BCUT2D eigenvalue weighted by Gasteiger charge is -2.20. The third-order valence-electron chi connectivity index (χ3n) is 4.72. The maximum absolute atomic E-state index is 13.9. The van der Waals surface area contributed by atoms with Gasteiger partial charge in [-0.1, -0.05) is 37.3 Å². The molecule has 0 saturated carbocycles. The van der Waals surface area contributed by atoms with E-state index in [9.17, 15) is 9.18 Å². The predicted octanol–water partition coefficient (Wildman–Crippen LogP) is 3.53. The molecule has 1 saturated heterocycles. The van der Waals surface area contributed by atoms with Crippen LogP contribution in [0, 0.1) is 0 Å². The van der Waals surface area contributed by atoms with Gasteiger partial charge in [-0.25, -0.2) is 19.0 Å². The number of carbonyl (C=O) groups is 1. The predicted molar refractivity (Wildman–Crippen MR) is 109 cm³/mol. The van der Waals surface area contributed by atoms with Crippen molar-refractivity contribution in [1.82, 2.24) is 24.6 Å². The van der Waals surface area contributed by atoms with E-state index in [1.165, 1.54) is 15.9 Å². The summed E-state index contributed by atoms with van der Waals surface area (Å²) >= 11 is 6.24.